The summed E-state index contributed by atoms with van der Waals surface area (Å²) in [5.74, 6) is 1.28. The van der Waals surface area contributed by atoms with Crippen LogP contribution in [0.2, 0.25) is 0 Å². The first-order valence-electron chi connectivity index (χ1n) is 6.86. The minimum atomic E-state index is 0.217. The van der Waals surface area contributed by atoms with Crippen molar-refractivity contribution in [2.75, 3.05) is 12.8 Å². The van der Waals surface area contributed by atoms with Gasteiger partial charge in [-0.25, -0.2) is 9.97 Å². The van der Waals surface area contributed by atoms with Crippen molar-refractivity contribution in [3.8, 4) is 29.0 Å². The van der Waals surface area contributed by atoms with Gasteiger partial charge in [-0.2, -0.15) is 15.0 Å². The van der Waals surface area contributed by atoms with E-state index < -0.39 is 0 Å². The van der Waals surface area contributed by atoms with Gasteiger partial charge in [0.2, 0.25) is 0 Å². The molecule has 0 unspecified atom stereocenters. The zero-order valence-electron chi connectivity index (χ0n) is 12.7. The van der Waals surface area contributed by atoms with Crippen molar-refractivity contribution in [1.29, 1.82) is 5.26 Å². The van der Waals surface area contributed by atoms with Gasteiger partial charge in [0.1, 0.15) is 23.2 Å². The quantitative estimate of drug-likeness (QED) is 0.795. The first kappa shape index (κ1) is 14.5. The minimum Gasteiger partial charge on any atom is -0.497 e. The number of benzene rings is 1. The van der Waals surface area contributed by atoms with Crippen molar-refractivity contribution in [2.45, 2.75) is 6.92 Å². The summed E-state index contributed by atoms with van der Waals surface area (Å²) in [5, 5.41) is 13.1. The Balaban J connectivity index is 2.12. The summed E-state index contributed by atoms with van der Waals surface area (Å²) in [5.41, 5.74) is 8.58. The third-order valence-corrected chi connectivity index (χ3v) is 3.32. The van der Waals surface area contributed by atoms with Crippen LogP contribution < -0.4 is 10.5 Å². The Hall–Kier alpha value is -3.40. The van der Waals surface area contributed by atoms with Gasteiger partial charge >= 0.3 is 0 Å². The fourth-order valence-corrected chi connectivity index (χ4v) is 2.18. The van der Waals surface area contributed by atoms with E-state index in [0.717, 1.165) is 22.7 Å². The molecule has 2 heterocycles. The summed E-state index contributed by atoms with van der Waals surface area (Å²) in [6.45, 7) is 1.86. The van der Waals surface area contributed by atoms with Crippen LogP contribution in [0.15, 0.2) is 36.5 Å². The van der Waals surface area contributed by atoms with E-state index in [1.165, 1.54) is 10.9 Å². The van der Waals surface area contributed by atoms with Gasteiger partial charge in [-0.15, -0.1) is 0 Å². The van der Waals surface area contributed by atoms with Crippen LogP contribution in [0.5, 0.6) is 5.75 Å². The molecule has 7 nitrogen and oxygen atoms in total. The van der Waals surface area contributed by atoms with E-state index >= 15 is 0 Å². The second-order valence-electron chi connectivity index (χ2n) is 4.89. The average Bonchev–Trinajstić information content (AvgIpc) is 2.95. The third-order valence-electron chi connectivity index (χ3n) is 3.32. The van der Waals surface area contributed by atoms with Crippen LogP contribution in [0.3, 0.4) is 0 Å². The van der Waals surface area contributed by atoms with Crippen LogP contribution in [-0.4, -0.2) is 26.9 Å². The van der Waals surface area contributed by atoms with Gasteiger partial charge in [0.25, 0.3) is 5.95 Å². The molecule has 3 rings (SSSR count). The molecule has 2 aromatic heterocycles. The highest BCUT2D eigenvalue weighted by molar-refractivity contribution is 5.62. The highest BCUT2D eigenvalue weighted by atomic mass is 16.5. The zero-order valence-corrected chi connectivity index (χ0v) is 12.7. The van der Waals surface area contributed by atoms with E-state index in [1.807, 2.05) is 43.3 Å². The Morgan fingerprint density at radius 1 is 1.26 bits per heavy atom. The highest BCUT2D eigenvalue weighted by Gasteiger charge is 2.13. The summed E-state index contributed by atoms with van der Waals surface area (Å²) in [7, 11) is 1.61. The molecule has 0 aliphatic heterocycles. The molecule has 2 N–H and O–H groups in total. The lowest BCUT2D eigenvalue weighted by Gasteiger charge is -2.08. The van der Waals surface area contributed by atoms with E-state index in [-0.39, 0.29) is 11.4 Å². The van der Waals surface area contributed by atoms with Gasteiger partial charge in [-0.3, -0.25) is 0 Å². The second-order valence-corrected chi connectivity index (χ2v) is 4.89. The second kappa shape index (κ2) is 5.77. The predicted molar refractivity (Wildman–Crippen MR) is 85.0 cm³/mol. The average molecular weight is 306 g/mol. The Morgan fingerprint density at radius 3 is 2.78 bits per heavy atom. The van der Waals surface area contributed by atoms with Crippen molar-refractivity contribution < 1.29 is 4.74 Å². The molecule has 0 saturated carbocycles. The summed E-state index contributed by atoms with van der Waals surface area (Å²) in [4.78, 5) is 8.85. The molecule has 114 valence electrons. The molecule has 0 aliphatic rings. The molecule has 23 heavy (non-hydrogen) atoms. The van der Waals surface area contributed by atoms with Crippen LogP contribution >= 0.6 is 0 Å². The smallest absolute Gasteiger partial charge is 0.253 e. The largest absolute Gasteiger partial charge is 0.497 e. The standard InChI is InChI=1S/C16H14N6O/c1-10-6-14(11-4-3-5-13(7-11)23-2)21-16(20-10)22-15(18)12(8-17)9-19-22/h3-7,9H,18H2,1-2H3. The Labute approximate surface area is 133 Å². The van der Waals surface area contributed by atoms with Crippen molar-refractivity contribution in [2.24, 2.45) is 0 Å². The summed E-state index contributed by atoms with van der Waals surface area (Å²) < 4.78 is 6.60. The number of aromatic nitrogens is 4. The van der Waals surface area contributed by atoms with Crippen LogP contribution in [0.25, 0.3) is 17.2 Å². The normalized spacial score (nSPS) is 10.3. The van der Waals surface area contributed by atoms with Crippen LogP contribution in [-0.2, 0) is 0 Å². The molecule has 0 amide bonds. The molecular formula is C16H14N6O. The molecule has 0 radical (unpaired) electrons. The van der Waals surface area contributed by atoms with E-state index in [9.17, 15) is 0 Å². The number of nitrogen functional groups attached to an aromatic ring is 1. The lowest BCUT2D eigenvalue weighted by Crippen LogP contribution is -2.08. The molecule has 0 spiro atoms. The monoisotopic (exact) mass is 306 g/mol. The number of nitrogens with two attached hydrogens (primary N) is 1. The maximum atomic E-state index is 8.99. The molecule has 7 heteroatoms. The number of aryl methyl sites for hydroxylation is 1. The van der Waals surface area contributed by atoms with Crippen LogP contribution in [0.1, 0.15) is 11.3 Å². The lowest BCUT2D eigenvalue weighted by atomic mass is 10.1. The van der Waals surface area contributed by atoms with Crippen molar-refractivity contribution >= 4 is 5.82 Å². The molecule has 0 fully saturated rings. The van der Waals surface area contributed by atoms with Gasteiger partial charge in [0.15, 0.2) is 0 Å². The number of hydrogen-bond donors (Lipinski definition) is 1. The van der Waals surface area contributed by atoms with Gasteiger partial charge in [-0.1, -0.05) is 12.1 Å². The van der Waals surface area contributed by atoms with Gasteiger partial charge in [0, 0.05) is 11.3 Å². The van der Waals surface area contributed by atoms with Gasteiger partial charge in [0.05, 0.1) is 19.0 Å². The Bertz CT molecular complexity index is 909. The molecule has 0 atom stereocenters. The van der Waals surface area contributed by atoms with E-state index in [1.54, 1.807) is 7.11 Å². The van der Waals surface area contributed by atoms with E-state index in [4.69, 9.17) is 15.7 Å². The first-order valence-corrected chi connectivity index (χ1v) is 6.86. The summed E-state index contributed by atoms with van der Waals surface area (Å²) >= 11 is 0. The fraction of sp³-hybridized carbons (Fsp3) is 0.125. The van der Waals surface area contributed by atoms with Gasteiger partial charge in [-0.05, 0) is 25.1 Å². The van der Waals surface area contributed by atoms with E-state index in [2.05, 4.69) is 15.1 Å². The number of rotatable bonds is 3. The van der Waals surface area contributed by atoms with Crippen molar-refractivity contribution in [3.63, 3.8) is 0 Å². The van der Waals surface area contributed by atoms with Crippen LogP contribution in [0.4, 0.5) is 5.82 Å². The predicted octanol–water partition coefficient (Wildman–Crippen LogP) is 2.10. The molecule has 0 bridgehead atoms. The third kappa shape index (κ3) is 2.70. The summed E-state index contributed by atoms with van der Waals surface area (Å²) in [6, 6.07) is 11.4. The van der Waals surface area contributed by atoms with E-state index in [0.29, 0.717) is 5.95 Å². The minimum absolute atomic E-state index is 0.217. The topological polar surface area (TPSA) is 103 Å². The number of nitriles is 1. The van der Waals surface area contributed by atoms with Crippen molar-refractivity contribution in [1.82, 2.24) is 19.7 Å². The zero-order chi connectivity index (χ0) is 16.4. The number of ether oxygens (including phenoxy) is 1. The first-order chi connectivity index (χ1) is 11.1. The molecule has 3 aromatic rings. The maximum Gasteiger partial charge on any atom is 0.253 e. The van der Waals surface area contributed by atoms with Crippen LogP contribution in [0, 0.1) is 18.3 Å². The Kier molecular flexibility index (Phi) is 3.65. The molecular weight excluding hydrogens is 292 g/mol. The number of hydrogen-bond acceptors (Lipinski definition) is 6. The Morgan fingerprint density at radius 2 is 2.09 bits per heavy atom. The maximum absolute atomic E-state index is 8.99. The molecule has 1 aromatic carbocycles. The van der Waals surface area contributed by atoms with Gasteiger partial charge < -0.3 is 10.5 Å². The SMILES string of the molecule is COc1cccc(-c2cc(C)nc(-n3ncc(C#N)c3N)n2)c1. The summed E-state index contributed by atoms with van der Waals surface area (Å²) in [6.07, 6.45) is 1.40. The van der Waals surface area contributed by atoms with Crippen molar-refractivity contribution in [3.05, 3.63) is 47.8 Å². The fourth-order valence-electron chi connectivity index (χ4n) is 2.18. The number of nitrogens with zero attached hydrogens (tertiary/aromatic N) is 5. The molecule has 0 saturated heterocycles. The lowest BCUT2D eigenvalue weighted by molar-refractivity contribution is 0.415. The number of anilines is 1. The highest BCUT2D eigenvalue weighted by Crippen LogP contribution is 2.24. The number of methoxy groups -OCH3 is 1. The molecule has 0 aliphatic carbocycles.